The molecule has 1 N–H and O–H groups in total. The standard InChI is InChI=1S/C19H20FN3.2C2H6/c1-13-2-3-14(11-22-13)7-9-23-18-5-4-15(20)10-16(18)17-12-21-8-6-19(17)23;2*1-2/h2-5,10-11,21H,6-9,12H2,1H3;2*1-2H3. The first-order valence-electron chi connectivity index (χ1n) is 10.1. The van der Waals surface area contributed by atoms with E-state index in [9.17, 15) is 4.39 Å². The van der Waals surface area contributed by atoms with Crippen LogP contribution in [0.3, 0.4) is 0 Å². The molecule has 3 nitrogen and oxygen atoms in total. The van der Waals surface area contributed by atoms with Crippen molar-refractivity contribution in [2.75, 3.05) is 6.54 Å². The minimum Gasteiger partial charge on any atom is -0.344 e. The molecule has 0 aliphatic carbocycles. The van der Waals surface area contributed by atoms with E-state index in [0.29, 0.717) is 0 Å². The van der Waals surface area contributed by atoms with Crippen LogP contribution >= 0.6 is 0 Å². The number of benzene rings is 1. The third-order valence-electron chi connectivity index (χ3n) is 4.69. The highest BCUT2D eigenvalue weighted by molar-refractivity contribution is 5.86. The zero-order valence-electron chi connectivity index (χ0n) is 17.3. The van der Waals surface area contributed by atoms with Gasteiger partial charge in [0.25, 0.3) is 0 Å². The molecule has 27 heavy (non-hydrogen) atoms. The molecule has 4 rings (SSSR count). The van der Waals surface area contributed by atoms with Gasteiger partial charge in [0.1, 0.15) is 5.82 Å². The lowest BCUT2D eigenvalue weighted by Gasteiger charge is -2.17. The zero-order chi connectivity index (χ0) is 19.8. The first-order chi connectivity index (χ1) is 13.2. The number of rotatable bonds is 3. The average Bonchev–Trinajstić information content (AvgIpc) is 3.04. The van der Waals surface area contributed by atoms with Crippen molar-refractivity contribution >= 4 is 10.9 Å². The number of hydrogen-bond donors (Lipinski definition) is 1. The van der Waals surface area contributed by atoms with Gasteiger partial charge in [-0.25, -0.2) is 4.39 Å². The van der Waals surface area contributed by atoms with Gasteiger partial charge in [0.05, 0.1) is 0 Å². The molecule has 3 heterocycles. The Morgan fingerprint density at radius 1 is 1.11 bits per heavy atom. The Morgan fingerprint density at radius 2 is 1.89 bits per heavy atom. The van der Waals surface area contributed by atoms with Crippen LogP contribution in [-0.4, -0.2) is 16.1 Å². The Kier molecular flexibility index (Phi) is 7.99. The summed E-state index contributed by atoms with van der Waals surface area (Å²) in [7, 11) is 0. The van der Waals surface area contributed by atoms with Gasteiger partial charge >= 0.3 is 0 Å². The van der Waals surface area contributed by atoms with Gasteiger partial charge in [-0.1, -0.05) is 33.8 Å². The number of hydrogen-bond acceptors (Lipinski definition) is 2. The average molecular weight is 370 g/mol. The van der Waals surface area contributed by atoms with Crippen molar-refractivity contribution in [3.63, 3.8) is 0 Å². The van der Waals surface area contributed by atoms with Crippen LogP contribution in [0.4, 0.5) is 4.39 Å². The van der Waals surface area contributed by atoms with Crippen molar-refractivity contribution in [1.82, 2.24) is 14.9 Å². The Bertz CT molecular complexity index is 850. The molecule has 146 valence electrons. The van der Waals surface area contributed by atoms with E-state index in [-0.39, 0.29) is 5.82 Å². The van der Waals surface area contributed by atoms with E-state index >= 15 is 0 Å². The van der Waals surface area contributed by atoms with E-state index < -0.39 is 0 Å². The molecule has 4 heteroatoms. The van der Waals surface area contributed by atoms with Gasteiger partial charge in [-0.05, 0) is 48.7 Å². The summed E-state index contributed by atoms with van der Waals surface area (Å²) in [6.45, 7) is 12.7. The SMILES string of the molecule is CC.CC.Cc1ccc(CCn2c3c(c4cc(F)ccc42)CNCC3)cn1. The molecule has 3 aromatic rings. The van der Waals surface area contributed by atoms with Crippen molar-refractivity contribution in [3.05, 3.63) is 64.9 Å². The van der Waals surface area contributed by atoms with Gasteiger partial charge in [0.2, 0.25) is 0 Å². The van der Waals surface area contributed by atoms with E-state index in [2.05, 4.69) is 27.0 Å². The summed E-state index contributed by atoms with van der Waals surface area (Å²) in [5, 5.41) is 4.45. The van der Waals surface area contributed by atoms with Crippen LogP contribution in [0.5, 0.6) is 0 Å². The van der Waals surface area contributed by atoms with Gasteiger partial charge in [0, 0.05) is 54.5 Å². The van der Waals surface area contributed by atoms with Crippen molar-refractivity contribution in [1.29, 1.82) is 0 Å². The normalized spacial score (nSPS) is 12.5. The van der Waals surface area contributed by atoms with Crippen LogP contribution in [0.15, 0.2) is 36.5 Å². The molecule has 0 saturated carbocycles. The minimum absolute atomic E-state index is 0.161. The number of nitrogens with zero attached hydrogens (tertiary/aromatic N) is 2. The lowest BCUT2D eigenvalue weighted by Crippen LogP contribution is -2.24. The molecule has 0 amide bonds. The Labute approximate surface area is 162 Å². The molecular formula is C23H32FN3. The highest BCUT2D eigenvalue weighted by Crippen LogP contribution is 2.29. The first-order valence-corrected chi connectivity index (χ1v) is 10.1. The summed E-state index contributed by atoms with van der Waals surface area (Å²) in [4.78, 5) is 4.37. The molecule has 0 atom stereocenters. The monoisotopic (exact) mass is 369 g/mol. The fraction of sp³-hybridized carbons (Fsp3) is 0.435. The second-order valence-corrected chi connectivity index (χ2v) is 6.22. The molecule has 0 spiro atoms. The van der Waals surface area contributed by atoms with Crippen LogP contribution in [0.25, 0.3) is 10.9 Å². The van der Waals surface area contributed by atoms with Gasteiger partial charge < -0.3 is 9.88 Å². The van der Waals surface area contributed by atoms with E-state index in [0.717, 1.165) is 49.1 Å². The van der Waals surface area contributed by atoms with Crippen LogP contribution in [-0.2, 0) is 25.9 Å². The largest absolute Gasteiger partial charge is 0.344 e. The maximum Gasteiger partial charge on any atom is 0.123 e. The second kappa shape index (κ2) is 10.2. The summed E-state index contributed by atoms with van der Waals surface area (Å²) < 4.78 is 16.0. The number of aromatic nitrogens is 2. The number of fused-ring (bicyclic) bond motifs is 3. The van der Waals surface area contributed by atoms with Gasteiger partial charge in [0.15, 0.2) is 0 Å². The molecule has 1 aromatic carbocycles. The van der Waals surface area contributed by atoms with Crippen LogP contribution in [0.2, 0.25) is 0 Å². The Morgan fingerprint density at radius 3 is 2.59 bits per heavy atom. The molecule has 0 fully saturated rings. The summed E-state index contributed by atoms with van der Waals surface area (Å²) in [5.74, 6) is -0.161. The van der Waals surface area contributed by atoms with Crippen molar-refractivity contribution in [2.24, 2.45) is 0 Å². The maximum atomic E-state index is 13.7. The van der Waals surface area contributed by atoms with Gasteiger partial charge in [-0.15, -0.1) is 0 Å². The fourth-order valence-electron chi connectivity index (χ4n) is 3.50. The van der Waals surface area contributed by atoms with Crippen molar-refractivity contribution in [2.45, 2.75) is 60.5 Å². The van der Waals surface area contributed by atoms with E-state index in [1.54, 1.807) is 12.1 Å². The van der Waals surface area contributed by atoms with Gasteiger partial charge in [-0.3, -0.25) is 4.98 Å². The quantitative estimate of drug-likeness (QED) is 0.667. The summed E-state index contributed by atoms with van der Waals surface area (Å²) in [5.41, 5.74) is 6.03. The third kappa shape index (κ3) is 4.75. The predicted octanol–water partition coefficient (Wildman–Crippen LogP) is 5.42. The smallest absolute Gasteiger partial charge is 0.123 e. The number of aryl methyl sites for hydroxylation is 3. The molecule has 0 saturated heterocycles. The van der Waals surface area contributed by atoms with E-state index in [4.69, 9.17) is 0 Å². The van der Waals surface area contributed by atoms with Crippen LogP contribution in [0.1, 0.15) is 50.2 Å². The highest BCUT2D eigenvalue weighted by atomic mass is 19.1. The van der Waals surface area contributed by atoms with Crippen molar-refractivity contribution < 1.29 is 4.39 Å². The van der Waals surface area contributed by atoms with Crippen molar-refractivity contribution in [3.8, 4) is 0 Å². The highest BCUT2D eigenvalue weighted by Gasteiger charge is 2.19. The van der Waals surface area contributed by atoms with E-state index in [1.165, 1.54) is 16.8 Å². The van der Waals surface area contributed by atoms with Crippen LogP contribution < -0.4 is 5.32 Å². The lowest BCUT2D eigenvalue weighted by atomic mass is 10.1. The molecule has 1 aliphatic heterocycles. The Hall–Kier alpha value is -2.20. The molecule has 0 unspecified atom stereocenters. The second-order valence-electron chi connectivity index (χ2n) is 6.22. The summed E-state index contributed by atoms with van der Waals surface area (Å²) >= 11 is 0. The van der Waals surface area contributed by atoms with Crippen LogP contribution in [0, 0.1) is 12.7 Å². The lowest BCUT2D eigenvalue weighted by molar-refractivity contribution is 0.594. The van der Waals surface area contributed by atoms with E-state index in [1.807, 2.05) is 46.9 Å². The zero-order valence-corrected chi connectivity index (χ0v) is 17.3. The Balaban J connectivity index is 0.000000614. The summed E-state index contributed by atoms with van der Waals surface area (Å²) in [6.07, 6.45) is 3.89. The molecular weight excluding hydrogens is 337 g/mol. The molecule has 0 radical (unpaired) electrons. The third-order valence-corrected chi connectivity index (χ3v) is 4.69. The molecule has 0 bridgehead atoms. The summed E-state index contributed by atoms with van der Waals surface area (Å²) in [6, 6.07) is 9.34. The molecule has 1 aliphatic rings. The number of pyridine rings is 1. The fourth-order valence-corrected chi connectivity index (χ4v) is 3.50. The topological polar surface area (TPSA) is 29.9 Å². The number of nitrogens with one attached hydrogen (secondary N) is 1. The number of halogens is 1. The maximum absolute atomic E-state index is 13.7. The minimum atomic E-state index is -0.161. The first kappa shape index (κ1) is 21.1. The van der Waals surface area contributed by atoms with Gasteiger partial charge in [-0.2, -0.15) is 0 Å². The predicted molar refractivity (Wildman–Crippen MR) is 113 cm³/mol. The molecule has 2 aromatic heterocycles.